The SMILES string of the molecule is Cc1ccsc1CNCCN1CCC2CCCCC21. The number of thiophene rings is 1. The standard InChI is InChI=1S/C16H26N2S/c1-13-7-11-19-16(13)12-17-8-10-18-9-6-14-4-2-3-5-15(14)18/h7,11,14-15,17H,2-6,8-10,12H2,1H3. The van der Waals surface area contributed by atoms with Crippen molar-refractivity contribution < 1.29 is 0 Å². The molecule has 3 heteroatoms. The maximum Gasteiger partial charge on any atom is 0.0302 e. The summed E-state index contributed by atoms with van der Waals surface area (Å²) in [5.74, 6) is 1.02. The lowest BCUT2D eigenvalue weighted by molar-refractivity contribution is 0.183. The van der Waals surface area contributed by atoms with Gasteiger partial charge < -0.3 is 5.32 Å². The Labute approximate surface area is 121 Å². The minimum atomic E-state index is 0.916. The molecule has 1 aromatic rings. The van der Waals surface area contributed by atoms with Gasteiger partial charge in [0, 0.05) is 30.6 Å². The Kier molecular flexibility index (Phi) is 4.57. The topological polar surface area (TPSA) is 15.3 Å². The van der Waals surface area contributed by atoms with Crippen molar-refractivity contribution in [2.45, 2.75) is 51.6 Å². The molecule has 0 aromatic carbocycles. The van der Waals surface area contributed by atoms with Gasteiger partial charge in [-0.3, -0.25) is 4.90 Å². The molecule has 1 saturated heterocycles. The van der Waals surface area contributed by atoms with E-state index in [1.54, 1.807) is 0 Å². The van der Waals surface area contributed by atoms with Crippen LogP contribution in [0.15, 0.2) is 11.4 Å². The second kappa shape index (κ2) is 6.38. The van der Waals surface area contributed by atoms with Crippen molar-refractivity contribution in [2.24, 2.45) is 5.92 Å². The van der Waals surface area contributed by atoms with Crippen LogP contribution in [0.3, 0.4) is 0 Å². The van der Waals surface area contributed by atoms with Gasteiger partial charge in [0.15, 0.2) is 0 Å². The molecule has 0 bridgehead atoms. The van der Waals surface area contributed by atoms with Gasteiger partial charge in [-0.1, -0.05) is 12.8 Å². The lowest BCUT2D eigenvalue weighted by Gasteiger charge is -2.31. The van der Waals surface area contributed by atoms with Crippen LogP contribution in [0.2, 0.25) is 0 Å². The number of nitrogens with one attached hydrogen (secondary N) is 1. The number of rotatable bonds is 5. The number of hydrogen-bond acceptors (Lipinski definition) is 3. The average Bonchev–Trinajstić information content (AvgIpc) is 3.02. The molecule has 2 unspecified atom stereocenters. The van der Waals surface area contributed by atoms with Gasteiger partial charge in [-0.25, -0.2) is 0 Å². The minimum Gasteiger partial charge on any atom is -0.311 e. The maximum absolute atomic E-state index is 3.62. The highest BCUT2D eigenvalue weighted by molar-refractivity contribution is 7.10. The quantitative estimate of drug-likeness (QED) is 0.830. The van der Waals surface area contributed by atoms with Crippen molar-refractivity contribution in [1.29, 1.82) is 0 Å². The fourth-order valence-electron chi connectivity index (χ4n) is 3.79. The Morgan fingerprint density at radius 2 is 2.21 bits per heavy atom. The molecular weight excluding hydrogens is 252 g/mol. The molecule has 0 amide bonds. The largest absolute Gasteiger partial charge is 0.311 e. The Hall–Kier alpha value is -0.380. The lowest BCUT2D eigenvalue weighted by Crippen LogP contribution is -2.38. The molecule has 1 aliphatic carbocycles. The highest BCUT2D eigenvalue weighted by Gasteiger charge is 2.34. The fourth-order valence-corrected chi connectivity index (χ4v) is 4.67. The van der Waals surface area contributed by atoms with Crippen LogP contribution in [0.5, 0.6) is 0 Å². The first-order valence-electron chi connectivity index (χ1n) is 7.82. The van der Waals surface area contributed by atoms with Crippen molar-refractivity contribution in [3.63, 3.8) is 0 Å². The van der Waals surface area contributed by atoms with E-state index in [0.29, 0.717) is 0 Å². The van der Waals surface area contributed by atoms with E-state index in [4.69, 9.17) is 0 Å². The first-order valence-corrected chi connectivity index (χ1v) is 8.70. The van der Waals surface area contributed by atoms with Crippen molar-refractivity contribution in [2.75, 3.05) is 19.6 Å². The van der Waals surface area contributed by atoms with Crippen LogP contribution in [0.1, 0.15) is 42.5 Å². The summed E-state index contributed by atoms with van der Waals surface area (Å²) in [7, 11) is 0. The predicted octanol–water partition coefficient (Wildman–Crippen LogP) is 3.41. The molecule has 1 aliphatic heterocycles. The van der Waals surface area contributed by atoms with Crippen molar-refractivity contribution in [3.05, 3.63) is 21.9 Å². The number of fused-ring (bicyclic) bond motifs is 1. The molecule has 2 atom stereocenters. The zero-order valence-electron chi connectivity index (χ0n) is 12.0. The first kappa shape index (κ1) is 13.6. The molecule has 2 fully saturated rings. The predicted molar refractivity (Wildman–Crippen MR) is 82.7 cm³/mol. The van der Waals surface area contributed by atoms with E-state index in [-0.39, 0.29) is 0 Å². The molecule has 2 heterocycles. The molecule has 2 nitrogen and oxygen atoms in total. The van der Waals surface area contributed by atoms with Crippen molar-refractivity contribution in [3.8, 4) is 0 Å². The molecule has 19 heavy (non-hydrogen) atoms. The number of hydrogen-bond donors (Lipinski definition) is 1. The number of likely N-dealkylation sites (tertiary alicyclic amines) is 1. The highest BCUT2D eigenvalue weighted by Crippen LogP contribution is 2.35. The second-order valence-corrected chi connectivity index (χ2v) is 7.14. The van der Waals surface area contributed by atoms with Gasteiger partial charge in [-0.15, -0.1) is 11.3 Å². The zero-order chi connectivity index (χ0) is 13.1. The molecule has 2 aliphatic rings. The number of nitrogens with zero attached hydrogens (tertiary/aromatic N) is 1. The summed E-state index contributed by atoms with van der Waals surface area (Å²) >= 11 is 1.87. The maximum atomic E-state index is 3.62. The van der Waals surface area contributed by atoms with Gasteiger partial charge in [0.2, 0.25) is 0 Å². The lowest BCUT2D eigenvalue weighted by atomic mass is 9.85. The Morgan fingerprint density at radius 1 is 1.32 bits per heavy atom. The monoisotopic (exact) mass is 278 g/mol. The van der Waals surface area contributed by atoms with Crippen molar-refractivity contribution in [1.82, 2.24) is 10.2 Å². The van der Waals surface area contributed by atoms with E-state index in [1.165, 1.54) is 55.6 Å². The average molecular weight is 278 g/mol. The molecule has 3 rings (SSSR count). The van der Waals surface area contributed by atoms with Crippen LogP contribution in [0.4, 0.5) is 0 Å². The molecule has 106 valence electrons. The van der Waals surface area contributed by atoms with Gasteiger partial charge in [0.1, 0.15) is 0 Å². The third-order valence-corrected chi connectivity index (χ3v) is 5.98. The number of aryl methyl sites for hydroxylation is 1. The molecule has 1 N–H and O–H groups in total. The third kappa shape index (κ3) is 3.21. The summed E-state index contributed by atoms with van der Waals surface area (Å²) in [6, 6.07) is 3.13. The third-order valence-electron chi connectivity index (χ3n) is 4.95. The van der Waals surface area contributed by atoms with Crippen LogP contribution < -0.4 is 5.32 Å². The molecule has 0 radical (unpaired) electrons. The van der Waals surface area contributed by atoms with Gasteiger partial charge in [0.25, 0.3) is 0 Å². The van der Waals surface area contributed by atoms with E-state index < -0.39 is 0 Å². The van der Waals surface area contributed by atoms with Crippen LogP contribution >= 0.6 is 11.3 Å². The van der Waals surface area contributed by atoms with Gasteiger partial charge >= 0.3 is 0 Å². The summed E-state index contributed by atoms with van der Waals surface area (Å²) in [5.41, 5.74) is 1.44. The van der Waals surface area contributed by atoms with E-state index >= 15 is 0 Å². The normalized spacial score (nSPS) is 27.6. The van der Waals surface area contributed by atoms with Gasteiger partial charge in [0.05, 0.1) is 0 Å². The Bertz CT molecular complexity index is 401. The van der Waals surface area contributed by atoms with E-state index in [2.05, 4.69) is 28.6 Å². The van der Waals surface area contributed by atoms with E-state index in [1.807, 2.05) is 11.3 Å². The molecule has 0 spiro atoms. The summed E-state index contributed by atoms with van der Waals surface area (Å²) in [5, 5.41) is 5.81. The molecule has 1 aromatic heterocycles. The fraction of sp³-hybridized carbons (Fsp3) is 0.750. The van der Waals surface area contributed by atoms with Crippen LogP contribution in [-0.2, 0) is 6.54 Å². The van der Waals surface area contributed by atoms with Crippen molar-refractivity contribution >= 4 is 11.3 Å². The van der Waals surface area contributed by atoms with Crippen LogP contribution in [-0.4, -0.2) is 30.6 Å². The summed E-state index contributed by atoms with van der Waals surface area (Å²) in [4.78, 5) is 4.25. The van der Waals surface area contributed by atoms with Gasteiger partial charge in [-0.2, -0.15) is 0 Å². The van der Waals surface area contributed by atoms with Crippen LogP contribution in [0, 0.1) is 12.8 Å². The summed E-state index contributed by atoms with van der Waals surface area (Å²) < 4.78 is 0. The molecule has 1 saturated carbocycles. The smallest absolute Gasteiger partial charge is 0.0302 e. The Morgan fingerprint density at radius 3 is 3.05 bits per heavy atom. The molecular formula is C16H26N2S. The summed E-state index contributed by atoms with van der Waals surface area (Å²) in [6.07, 6.45) is 7.33. The second-order valence-electron chi connectivity index (χ2n) is 6.14. The first-order chi connectivity index (χ1) is 9.34. The Balaban J connectivity index is 1.39. The van der Waals surface area contributed by atoms with E-state index in [9.17, 15) is 0 Å². The minimum absolute atomic E-state index is 0.916. The zero-order valence-corrected chi connectivity index (χ0v) is 12.8. The van der Waals surface area contributed by atoms with E-state index in [0.717, 1.165) is 25.0 Å². The van der Waals surface area contributed by atoms with Crippen LogP contribution in [0.25, 0.3) is 0 Å². The van der Waals surface area contributed by atoms with Gasteiger partial charge in [-0.05, 0) is 55.7 Å². The summed E-state index contributed by atoms with van der Waals surface area (Å²) in [6.45, 7) is 6.98. The highest BCUT2D eigenvalue weighted by atomic mass is 32.1.